The third-order valence-electron chi connectivity index (χ3n) is 1.08. The van der Waals surface area contributed by atoms with E-state index in [1.54, 1.807) is 12.1 Å². The average Bonchev–Trinajstić information content (AvgIpc) is 2.56. The summed E-state index contributed by atoms with van der Waals surface area (Å²) in [5.41, 5.74) is 5.44. The van der Waals surface area contributed by atoms with Crippen LogP contribution in [0.2, 0.25) is 0 Å². The van der Waals surface area contributed by atoms with Gasteiger partial charge in [0.2, 0.25) is 5.84 Å². The van der Waals surface area contributed by atoms with Crippen LogP contribution in [0.3, 0.4) is 0 Å². The third kappa shape index (κ3) is 2.06. The first-order valence-corrected chi connectivity index (χ1v) is 3.27. The largest absolute Gasteiger partial charge is 0.461 e. The molecule has 2 N–H and O–H groups in total. The number of oxime groups is 1. The first-order valence-electron chi connectivity index (χ1n) is 3.27. The molecule has 0 atom stereocenters. The first kappa shape index (κ1) is 8.21. The second-order valence-electron chi connectivity index (χ2n) is 1.93. The van der Waals surface area contributed by atoms with Crippen LogP contribution in [-0.4, -0.2) is 12.4 Å². The molecular weight excluding hydrogens is 156 g/mol. The Bertz CT molecular complexity index is 295. The van der Waals surface area contributed by atoms with E-state index in [9.17, 15) is 0 Å². The predicted molar refractivity (Wildman–Crippen MR) is 44.2 cm³/mol. The molecule has 0 spiro atoms. The van der Waals surface area contributed by atoms with Crippen LogP contribution in [-0.2, 0) is 4.84 Å². The quantitative estimate of drug-likeness (QED) is 0.233. The van der Waals surface area contributed by atoms with Gasteiger partial charge in [0, 0.05) is 0 Å². The Labute approximate surface area is 70.0 Å². The van der Waals surface area contributed by atoms with Crippen LogP contribution in [0.25, 0.3) is 0 Å². The van der Waals surface area contributed by atoms with Gasteiger partial charge < -0.3 is 15.0 Å². The first-order chi connectivity index (χ1) is 5.84. The zero-order valence-electron chi connectivity index (χ0n) is 6.36. The van der Waals surface area contributed by atoms with E-state index in [1.807, 2.05) is 0 Å². The Balaban J connectivity index is 2.54. The van der Waals surface area contributed by atoms with E-state index in [0.29, 0.717) is 5.76 Å². The van der Waals surface area contributed by atoms with Crippen molar-refractivity contribution in [2.45, 2.75) is 0 Å². The Morgan fingerprint density at radius 1 is 1.83 bits per heavy atom. The minimum atomic E-state index is 0.0986. The summed E-state index contributed by atoms with van der Waals surface area (Å²) < 4.78 is 4.94. The van der Waals surface area contributed by atoms with E-state index in [0.717, 1.165) is 0 Å². The highest BCUT2D eigenvalue weighted by atomic mass is 16.6. The van der Waals surface area contributed by atoms with Crippen molar-refractivity contribution in [3.63, 3.8) is 0 Å². The molecule has 0 saturated heterocycles. The lowest BCUT2D eigenvalue weighted by Gasteiger charge is -1.94. The summed E-state index contributed by atoms with van der Waals surface area (Å²) in [6.07, 6.45) is 6.42. The molecule has 12 heavy (non-hydrogen) atoms. The van der Waals surface area contributed by atoms with Crippen molar-refractivity contribution in [2.24, 2.45) is 10.9 Å². The average molecular weight is 164 g/mol. The van der Waals surface area contributed by atoms with Crippen LogP contribution in [0.4, 0.5) is 0 Å². The Hall–Kier alpha value is -1.89. The van der Waals surface area contributed by atoms with E-state index < -0.39 is 0 Å². The van der Waals surface area contributed by atoms with Crippen molar-refractivity contribution in [1.82, 2.24) is 0 Å². The molecule has 0 bridgehead atoms. The van der Waals surface area contributed by atoms with E-state index >= 15 is 0 Å². The van der Waals surface area contributed by atoms with Crippen molar-refractivity contribution >= 4 is 5.84 Å². The molecule has 0 amide bonds. The Kier molecular flexibility index (Phi) is 2.79. The summed E-state index contributed by atoms with van der Waals surface area (Å²) >= 11 is 0. The fraction of sp³-hybridized carbons (Fsp3) is 0.125. The number of nitrogens with zero attached hydrogens (tertiary/aromatic N) is 1. The van der Waals surface area contributed by atoms with Gasteiger partial charge in [-0.25, -0.2) is 0 Å². The molecule has 0 aliphatic carbocycles. The zero-order valence-corrected chi connectivity index (χ0v) is 6.36. The summed E-state index contributed by atoms with van der Waals surface area (Å²) in [5, 5.41) is 3.51. The van der Waals surface area contributed by atoms with Gasteiger partial charge in [0.05, 0.1) is 6.26 Å². The van der Waals surface area contributed by atoms with Crippen molar-refractivity contribution in [1.29, 1.82) is 0 Å². The molecule has 4 heteroatoms. The summed E-state index contributed by atoms with van der Waals surface area (Å²) in [6, 6.07) is 3.39. The van der Waals surface area contributed by atoms with Crippen LogP contribution < -0.4 is 5.73 Å². The van der Waals surface area contributed by atoms with Gasteiger partial charge in [-0.15, -0.1) is 6.42 Å². The normalized spacial score (nSPS) is 10.8. The van der Waals surface area contributed by atoms with Gasteiger partial charge in [0.15, 0.2) is 12.4 Å². The van der Waals surface area contributed by atoms with Gasteiger partial charge in [0.25, 0.3) is 0 Å². The summed E-state index contributed by atoms with van der Waals surface area (Å²) in [7, 11) is 0. The molecule has 0 aliphatic heterocycles. The van der Waals surface area contributed by atoms with Gasteiger partial charge in [0.1, 0.15) is 0 Å². The molecule has 0 radical (unpaired) electrons. The molecule has 62 valence electrons. The molecule has 0 unspecified atom stereocenters. The standard InChI is InChI=1S/C8H8N2O2/c1-2-5-12-10-8(9)7-4-3-6-11-7/h1,3-4,6H,5H2,(H2,9,10). The summed E-state index contributed by atoms with van der Waals surface area (Å²) in [6.45, 7) is 0.0986. The number of furan rings is 1. The highest BCUT2D eigenvalue weighted by Gasteiger charge is 1.99. The monoisotopic (exact) mass is 164 g/mol. The van der Waals surface area contributed by atoms with E-state index in [2.05, 4.69) is 15.9 Å². The maximum absolute atomic E-state index is 5.44. The fourth-order valence-corrected chi connectivity index (χ4v) is 0.608. The van der Waals surface area contributed by atoms with E-state index in [1.165, 1.54) is 6.26 Å². The number of rotatable bonds is 3. The van der Waals surface area contributed by atoms with Crippen molar-refractivity contribution in [2.75, 3.05) is 6.61 Å². The van der Waals surface area contributed by atoms with Crippen molar-refractivity contribution in [3.8, 4) is 12.3 Å². The Morgan fingerprint density at radius 3 is 3.25 bits per heavy atom. The van der Waals surface area contributed by atoms with Gasteiger partial charge in [-0.3, -0.25) is 0 Å². The minimum Gasteiger partial charge on any atom is -0.461 e. The number of terminal acetylenes is 1. The van der Waals surface area contributed by atoms with Crippen LogP contribution in [0.1, 0.15) is 5.76 Å². The molecule has 1 rings (SSSR count). The SMILES string of the molecule is C#CCO/N=C(/N)c1ccco1. The fourth-order valence-electron chi connectivity index (χ4n) is 0.608. The maximum Gasteiger partial charge on any atom is 0.206 e. The lowest BCUT2D eigenvalue weighted by Crippen LogP contribution is -2.12. The number of hydrogen-bond acceptors (Lipinski definition) is 3. The third-order valence-corrected chi connectivity index (χ3v) is 1.08. The van der Waals surface area contributed by atoms with Gasteiger partial charge >= 0.3 is 0 Å². The topological polar surface area (TPSA) is 60.8 Å². The smallest absolute Gasteiger partial charge is 0.206 e. The summed E-state index contributed by atoms with van der Waals surface area (Å²) in [4.78, 5) is 4.64. The highest BCUT2D eigenvalue weighted by Crippen LogP contribution is 1.98. The van der Waals surface area contributed by atoms with Crippen LogP contribution in [0, 0.1) is 12.3 Å². The van der Waals surface area contributed by atoms with Gasteiger partial charge in [-0.05, 0) is 12.1 Å². The lowest BCUT2D eigenvalue weighted by molar-refractivity contribution is 0.179. The van der Waals surface area contributed by atoms with E-state index in [4.69, 9.17) is 16.6 Å². The van der Waals surface area contributed by atoms with Crippen LogP contribution >= 0.6 is 0 Å². The van der Waals surface area contributed by atoms with Gasteiger partial charge in [-0.1, -0.05) is 11.1 Å². The molecule has 0 saturated carbocycles. The van der Waals surface area contributed by atoms with Gasteiger partial charge in [-0.2, -0.15) is 0 Å². The highest BCUT2D eigenvalue weighted by molar-refractivity contribution is 5.94. The van der Waals surface area contributed by atoms with Crippen molar-refractivity contribution in [3.05, 3.63) is 24.2 Å². The second-order valence-corrected chi connectivity index (χ2v) is 1.93. The Morgan fingerprint density at radius 2 is 2.67 bits per heavy atom. The van der Waals surface area contributed by atoms with E-state index in [-0.39, 0.29) is 12.4 Å². The van der Waals surface area contributed by atoms with Crippen LogP contribution in [0.15, 0.2) is 28.0 Å². The molecule has 1 heterocycles. The molecule has 4 nitrogen and oxygen atoms in total. The molecule has 1 aromatic rings. The number of amidine groups is 1. The number of hydrogen-bond donors (Lipinski definition) is 1. The molecule has 0 aromatic carbocycles. The predicted octanol–water partition coefficient (Wildman–Crippen LogP) is 0.550. The number of nitrogens with two attached hydrogens (primary N) is 1. The minimum absolute atomic E-state index is 0.0986. The molecule has 0 aliphatic rings. The molecular formula is C8H8N2O2. The van der Waals surface area contributed by atoms with Crippen molar-refractivity contribution < 1.29 is 9.25 Å². The van der Waals surface area contributed by atoms with Crippen LogP contribution in [0.5, 0.6) is 0 Å². The summed E-state index contributed by atoms with van der Waals surface area (Å²) in [5.74, 6) is 2.89. The zero-order chi connectivity index (χ0) is 8.81. The lowest BCUT2D eigenvalue weighted by atomic mass is 10.4. The molecule has 1 aromatic heterocycles. The maximum atomic E-state index is 5.44. The molecule has 0 fully saturated rings. The second kappa shape index (κ2) is 4.09.